The molecule has 1 saturated heterocycles. The quantitative estimate of drug-likeness (QED) is 0.631. The van der Waals surface area contributed by atoms with E-state index in [0.717, 1.165) is 23.0 Å². The lowest BCUT2D eigenvalue weighted by atomic mass is 10.2. The molecule has 0 unspecified atom stereocenters. The van der Waals surface area contributed by atoms with Crippen LogP contribution in [0.1, 0.15) is 26.5 Å². The number of hydrogen-bond acceptors (Lipinski definition) is 5. The molecule has 0 saturated carbocycles. The van der Waals surface area contributed by atoms with Crippen LogP contribution in [0.3, 0.4) is 0 Å². The number of hydrogen-bond donors (Lipinski definition) is 1. The highest BCUT2D eigenvalue weighted by Crippen LogP contribution is 2.29. The van der Waals surface area contributed by atoms with Crippen molar-refractivity contribution in [2.24, 2.45) is 7.05 Å². The number of nitrogens with zero attached hydrogens (tertiary/aromatic N) is 5. The van der Waals surface area contributed by atoms with Crippen LogP contribution in [0.2, 0.25) is 0 Å². The van der Waals surface area contributed by atoms with Crippen LogP contribution in [0.5, 0.6) is 0 Å². The van der Waals surface area contributed by atoms with Crippen molar-refractivity contribution in [1.29, 1.82) is 0 Å². The Kier molecular flexibility index (Phi) is 5.68. The van der Waals surface area contributed by atoms with E-state index in [1.54, 1.807) is 24.9 Å². The van der Waals surface area contributed by atoms with Gasteiger partial charge in [0.05, 0.1) is 11.9 Å². The summed E-state index contributed by atoms with van der Waals surface area (Å²) in [7, 11) is 1.80. The maximum Gasteiger partial charge on any atom is 0.326 e. The molecular weight excluding hydrogens is 426 g/mol. The summed E-state index contributed by atoms with van der Waals surface area (Å²) in [6, 6.07) is 2.88. The number of amides is 3. The topological polar surface area (TPSA) is 83.4 Å². The summed E-state index contributed by atoms with van der Waals surface area (Å²) in [6.45, 7) is 2.90. The number of anilines is 1. The lowest BCUT2D eigenvalue weighted by Crippen LogP contribution is -2.31. The predicted molar refractivity (Wildman–Crippen MR) is 111 cm³/mol. The van der Waals surface area contributed by atoms with Crippen molar-refractivity contribution in [3.8, 4) is 0 Å². The second-order valence-electron chi connectivity index (χ2n) is 7.25. The van der Waals surface area contributed by atoms with Crippen molar-refractivity contribution >= 4 is 28.4 Å². The Labute approximate surface area is 181 Å². The second kappa shape index (κ2) is 8.42. The number of halogens is 2. The molecule has 1 aromatic carbocycles. The minimum absolute atomic E-state index is 0.0901. The first kappa shape index (κ1) is 20.9. The van der Waals surface area contributed by atoms with Crippen molar-refractivity contribution in [2.75, 3.05) is 18.0 Å². The molecule has 0 atom stereocenters. The Morgan fingerprint density at radius 1 is 1.19 bits per heavy atom. The predicted octanol–water partition coefficient (Wildman–Crippen LogP) is 2.84. The highest BCUT2D eigenvalue weighted by molar-refractivity contribution is 7.17. The molecule has 0 aliphatic carbocycles. The van der Waals surface area contributed by atoms with E-state index < -0.39 is 11.6 Å². The summed E-state index contributed by atoms with van der Waals surface area (Å²) in [5.41, 5.74) is 1.78. The third-order valence-electron chi connectivity index (χ3n) is 4.82. The Morgan fingerprint density at radius 2 is 1.94 bits per heavy atom. The Balaban J connectivity index is 1.43. The van der Waals surface area contributed by atoms with Gasteiger partial charge in [0.2, 0.25) is 0 Å². The van der Waals surface area contributed by atoms with Gasteiger partial charge in [-0.2, -0.15) is 5.10 Å². The Bertz CT molecular complexity index is 1120. The highest BCUT2D eigenvalue weighted by Gasteiger charge is 2.32. The van der Waals surface area contributed by atoms with Crippen LogP contribution in [-0.4, -0.2) is 44.7 Å². The first-order valence-corrected chi connectivity index (χ1v) is 10.4. The van der Waals surface area contributed by atoms with Gasteiger partial charge in [-0.15, -0.1) is 0 Å². The summed E-state index contributed by atoms with van der Waals surface area (Å²) in [6.07, 6.45) is 3.49. The molecule has 4 rings (SSSR count). The number of benzene rings is 1. The molecule has 1 aliphatic rings. The minimum atomic E-state index is -0.684. The van der Waals surface area contributed by atoms with Crippen LogP contribution in [0.4, 0.5) is 18.7 Å². The lowest BCUT2D eigenvalue weighted by Gasteiger charge is -2.17. The normalized spacial score (nSPS) is 13.9. The third-order valence-corrected chi connectivity index (χ3v) is 6.00. The zero-order valence-corrected chi connectivity index (χ0v) is 17.7. The van der Waals surface area contributed by atoms with Gasteiger partial charge >= 0.3 is 6.03 Å². The summed E-state index contributed by atoms with van der Waals surface area (Å²) in [4.78, 5) is 33.2. The van der Waals surface area contributed by atoms with Gasteiger partial charge in [0.15, 0.2) is 5.13 Å². The molecule has 3 aromatic rings. The average Bonchev–Trinajstić information content (AvgIpc) is 3.39. The molecule has 1 aliphatic heterocycles. The zero-order valence-electron chi connectivity index (χ0n) is 16.9. The van der Waals surface area contributed by atoms with Gasteiger partial charge < -0.3 is 10.2 Å². The number of nitrogens with one attached hydrogen (secondary N) is 1. The van der Waals surface area contributed by atoms with Gasteiger partial charge in [0.1, 0.15) is 16.5 Å². The standard InChI is InChI=1S/C20H20F2N6O2S/c1-12-17(18(29)23-8-14-9-24-26(2)10-14)31-19(25-12)28-4-3-27(20(28)30)11-13-5-15(21)7-16(22)6-13/h5-7,9-10H,3-4,8,11H2,1-2H3,(H,23,29). The molecule has 1 N–H and O–H groups in total. The van der Waals surface area contributed by atoms with E-state index in [2.05, 4.69) is 15.4 Å². The maximum atomic E-state index is 13.4. The number of thiazole rings is 1. The van der Waals surface area contributed by atoms with Crippen LogP contribution in [0.25, 0.3) is 0 Å². The molecule has 3 heterocycles. The molecule has 3 amide bonds. The number of urea groups is 1. The van der Waals surface area contributed by atoms with Gasteiger partial charge in [-0.1, -0.05) is 11.3 Å². The molecule has 2 aromatic heterocycles. The number of rotatable bonds is 6. The molecule has 1 fully saturated rings. The maximum absolute atomic E-state index is 13.4. The fourth-order valence-electron chi connectivity index (χ4n) is 3.36. The minimum Gasteiger partial charge on any atom is -0.347 e. The molecule has 0 bridgehead atoms. The van der Waals surface area contributed by atoms with Crippen LogP contribution < -0.4 is 10.2 Å². The number of aryl methyl sites for hydroxylation is 2. The summed E-state index contributed by atoms with van der Waals surface area (Å²) in [5.74, 6) is -1.64. The van der Waals surface area contributed by atoms with Crippen molar-refractivity contribution in [3.05, 3.63) is 63.9 Å². The first-order valence-electron chi connectivity index (χ1n) is 9.54. The fraction of sp³-hybridized carbons (Fsp3) is 0.300. The summed E-state index contributed by atoms with van der Waals surface area (Å²) in [5, 5.41) is 7.31. The van der Waals surface area contributed by atoms with Gasteiger partial charge in [0.25, 0.3) is 5.91 Å². The van der Waals surface area contributed by atoms with Crippen molar-refractivity contribution in [1.82, 2.24) is 25.0 Å². The monoisotopic (exact) mass is 446 g/mol. The summed E-state index contributed by atoms with van der Waals surface area (Å²) >= 11 is 1.14. The van der Waals surface area contributed by atoms with Gasteiger partial charge in [0, 0.05) is 51.1 Å². The molecule has 31 heavy (non-hydrogen) atoms. The van der Waals surface area contributed by atoms with E-state index in [-0.39, 0.29) is 18.5 Å². The van der Waals surface area contributed by atoms with Gasteiger partial charge in [-0.05, 0) is 24.6 Å². The van der Waals surface area contributed by atoms with Crippen molar-refractivity contribution in [2.45, 2.75) is 20.0 Å². The van der Waals surface area contributed by atoms with E-state index in [0.29, 0.717) is 40.9 Å². The van der Waals surface area contributed by atoms with Crippen LogP contribution in [0, 0.1) is 18.6 Å². The number of aromatic nitrogens is 3. The van der Waals surface area contributed by atoms with E-state index in [9.17, 15) is 18.4 Å². The van der Waals surface area contributed by atoms with Gasteiger partial charge in [-0.3, -0.25) is 14.4 Å². The first-order chi connectivity index (χ1) is 14.8. The van der Waals surface area contributed by atoms with E-state index in [4.69, 9.17) is 0 Å². The largest absolute Gasteiger partial charge is 0.347 e. The molecule has 11 heteroatoms. The van der Waals surface area contributed by atoms with Gasteiger partial charge in [-0.25, -0.2) is 18.6 Å². The molecule has 162 valence electrons. The van der Waals surface area contributed by atoms with Crippen LogP contribution in [0.15, 0.2) is 30.6 Å². The van der Waals surface area contributed by atoms with Crippen LogP contribution >= 0.6 is 11.3 Å². The van der Waals surface area contributed by atoms with E-state index in [1.165, 1.54) is 21.9 Å². The Morgan fingerprint density at radius 3 is 2.61 bits per heavy atom. The number of carbonyl (C=O) groups excluding carboxylic acids is 2. The van der Waals surface area contributed by atoms with E-state index in [1.807, 2.05) is 6.20 Å². The lowest BCUT2D eigenvalue weighted by molar-refractivity contribution is 0.0954. The zero-order chi connectivity index (χ0) is 22.1. The summed E-state index contributed by atoms with van der Waals surface area (Å²) < 4.78 is 28.5. The molecule has 0 spiro atoms. The fourth-order valence-corrected chi connectivity index (χ4v) is 4.37. The second-order valence-corrected chi connectivity index (χ2v) is 8.23. The van der Waals surface area contributed by atoms with Crippen molar-refractivity contribution < 1.29 is 18.4 Å². The van der Waals surface area contributed by atoms with E-state index >= 15 is 0 Å². The third kappa shape index (κ3) is 4.55. The molecular formula is C20H20F2N6O2S. The Hall–Kier alpha value is -3.34. The molecule has 0 radical (unpaired) electrons. The molecule has 8 nitrogen and oxygen atoms in total. The smallest absolute Gasteiger partial charge is 0.326 e. The van der Waals surface area contributed by atoms with Crippen molar-refractivity contribution in [3.63, 3.8) is 0 Å². The average molecular weight is 446 g/mol. The SMILES string of the molecule is Cc1nc(N2CCN(Cc3cc(F)cc(F)c3)C2=O)sc1C(=O)NCc1cnn(C)c1. The highest BCUT2D eigenvalue weighted by atomic mass is 32.1. The van der Waals surface area contributed by atoms with Crippen LogP contribution in [-0.2, 0) is 20.1 Å². The number of carbonyl (C=O) groups is 2.